The number of hydrogen-bond acceptors (Lipinski definition) is 30. The normalized spacial score (nSPS) is 47.2. The molecule has 5 saturated heterocycles. The van der Waals surface area contributed by atoms with E-state index in [0.717, 1.165) is 6.92 Å². The van der Waals surface area contributed by atoms with Crippen molar-refractivity contribution in [2.24, 2.45) is 0 Å². The van der Waals surface area contributed by atoms with E-state index in [1.807, 2.05) is 0 Å². The number of aliphatic hydroxyl groups excluding tert-OH is 19. The van der Waals surface area contributed by atoms with Crippen LogP contribution in [0.1, 0.15) is 13.8 Å². The average Bonchev–Trinajstić information content (AvgIpc) is 3.33. The second-order valence-corrected chi connectivity index (χ2v) is 17.2. The molecule has 0 radical (unpaired) electrons. The van der Waals surface area contributed by atoms with Crippen molar-refractivity contribution in [2.75, 3.05) is 39.6 Å². The summed E-state index contributed by atoms with van der Waals surface area (Å²) in [5, 5.41) is 203. The fourth-order valence-corrected chi connectivity index (χ4v) is 8.44. The molecule has 0 spiro atoms. The molecule has 5 heterocycles. The second-order valence-electron chi connectivity index (χ2n) is 17.2. The molecule has 5 aliphatic rings. The Kier molecular flexibility index (Phi) is 21.5. The van der Waals surface area contributed by atoms with Crippen LogP contribution in [-0.4, -0.2) is 320 Å². The molecule has 29 atom stereocenters. The Morgan fingerprint density at radius 2 is 0.870 bits per heavy atom. The SMILES string of the molecule is CC(=O)N[C@H]1[C@H](O[C@H]2[C@@H](O)[C@@H](CO)O[C@H](O[C@H]3[C@@H](O)[C@@H](CO)O[C@@H](O[C@@H]([C@H](O)[C@@H](O)CO)[C@H](O)CO)[C@@H]3O)[C@@H]2O)O[C@H](CO)[C@@H](O[C@@H]2O[C@H](CO)[C@H](O)[C@H](O)[C@H]2O)[C@@H]1O[C@@H]1O[C@@H](C)[C@@H](O)[C@@H](O)[C@@H]1O. The lowest BCUT2D eigenvalue weighted by Gasteiger charge is -2.51. The van der Waals surface area contributed by atoms with Crippen LogP contribution < -0.4 is 5.32 Å². The molecule has 1 amide bonds. The van der Waals surface area contributed by atoms with E-state index in [0.29, 0.717) is 0 Å². The topological polar surface area (TPSA) is 506 Å². The minimum absolute atomic E-state index is 0.888. The molecule has 0 aromatic heterocycles. The van der Waals surface area contributed by atoms with Gasteiger partial charge in [0.1, 0.15) is 140 Å². The van der Waals surface area contributed by atoms with Crippen LogP contribution in [0.2, 0.25) is 0 Å². The minimum atomic E-state index is -2.29. The number of ether oxygens (including phenoxy) is 10. The van der Waals surface area contributed by atoms with E-state index in [1.54, 1.807) is 0 Å². The van der Waals surface area contributed by atoms with E-state index >= 15 is 0 Å². The summed E-state index contributed by atoms with van der Waals surface area (Å²) in [6.07, 6.45) is -54.5. The van der Waals surface area contributed by atoms with Gasteiger partial charge < -0.3 is 150 Å². The molecule has 20 N–H and O–H groups in total. The van der Waals surface area contributed by atoms with Gasteiger partial charge in [0.2, 0.25) is 5.91 Å². The summed E-state index contributed by atoms with van der Waals surface area (Å²) in [6, 6.07) is -1.83. The monoisotopic (exact) mass is 1020 g/mol. The van der Waals surface area contributed by atoms with Crippen LogP contribution >= 0.6 is 0 Å². The molecule has 0 unspecified atom stereocenters. The summed E-state index contributed by atoms with van der Waals surface area (Å²) < 4.78 is 57.5. The molecule has 404 valence electrons. The number of hydrogen-bond donors (Lipinski definition) is 20. The van der Waals surface area contributed by atoms with Gasteiger partial charge in [-0.05, 0) is 6.92 Å². The third-order valence-electron chi connectivity index (χ3n) is 12.4. The van der Waals surface area contributed by atoms with Crippen LogP contribution in [0.15, 0.2) is 0 Å². The Balaban J connectivity index is 1.48. The zero-order valence-electron chi connectivity index (χ0n) is 37.0. The Morgan fingerprint density at radius 3 is 1.38 bits per heavy atom. The lowest BCUT2D eigenvalue weighted by Crippen LogP contribution is -2.71. The van der Waals surface area contributed by atoms with Gasteiger partial charge in [-0.3, -0.25) is 4.79 Å². The Bertz CT molecular complexity index is 1560. The molecule has 5 aliphatic heterocycles. The lowest BCUT2D eigenvalue weighted by atomic mass is 9.93. The molecule has 0 bridgehead atoms. The van der Waals surface area contributed by atoms with Crippen molar-refractivity contribution in [2.45, 2.75) is 192 Å². The molecular weight excluding hydrogens is 950 g/mol. The van der Waals surface area contributed by atoms with Crippen molar-refractivity contribution in [3.8, 4) is 0 Å². The van der Waals surface area contributed by atoms with Crippen molar-refractivity contribution in [3.05, 3.63) is 0 Å². The van der Waals surface area contributed by atoms with Crippen LogP contribution in [0.25, 0.3) is 0 Å². The molecule has 0 aromatic rings. The van der Waals surface area contributed by atoms with E-state index < -0.39 is 223 Å². The van der Waals surface area contributed by atoms with Crippen LogP contribution in [0.4, 0.5) is 0 Å². The highest BCUT2D eigenvalue weighted by Gasteiger charge is 2.58. The van der Waals surface area contributed by atoms with Crippen molar-refractivity contribution in [1.82, 2.24) is 5.32 Å². The van der Waals surface area contributed by atoms with Gasteiger partial charge in [-0.2, -0.15) is 0 Å². The number of rotatable bonds is 20. The van der Waals surface area contributed by atoms with E-state index in [4.69, 9.17) is 47.4 Å². The molecule has 0 aliphatic carbocycles. The summed E-state index contributed by atoms with van der Waals surface area (Å²) in [5.41, 5.74) is 0. The quantitative estimate of drug-likeness (QED) is 0.0538. The number of aliphatic hydroxyl groups is 19. The Morgan fingerprint density at radius 1 is 0.464 bits per heavy atom. The van der Waals surface area contributed by atoms with E-state index in [-0.39, 0.29) is 0 Å². The third-order valence-corrected chi connectivity index (χ3v) is 12.4. The smallest absolute Gasteiger partial charge is 0.217 e. The summed E-state index contributed by atoms with van der Waals surface area (Å²) >= 11 is 0. The van der Waals surface area contributed by atoms with Gasteiger partial charge in [0, 0.05) is 6.92 Å². The third kappa shape index (κ3) is 12.8. The summed E-state index contributed by atoms with van der Waals surface area (Å²) in [6.45, 7) is -3.96. The first-order valence-electron chi connectivity index (χ1n) is 21.9. The van der Waals surface area contributed by atoms with E-state index in [1.165, 1.54) is 6.92 Å². The first-order chi connectivity index (χ1) is 32.6. The molecule has 0 aromatic carbocycles. The highest BCUT2D eigenvalue weighted by molar-refractivity contribution is 5.73. The summed E-state index contributed by atoms with van der Waals surface area (Å²) in [7, 11) is 0. The highest BCUT2D eigenvalue weighted by Crippen LogP contribution is 2.37. The molecule has 31 heteroatoms. The zero-order valence-corrected chi connectivity index (χ0v) is 37.0. The van der Waals surface area contributed by atoms with Gasteiger partial charge in [-0.15, -0.1) is 0 Å². The fourth-order valence-electron chi connectivity index (χ4n) is 8.44. The van der Waals surface area contributed by atoms with Crippen LogP contribution in [0, 0.1) is 0 Å². The molecule has 0 saturated carbocycles. The van der Waals surface area contributed by atoms with Crippen molar-refractivity contribution >= 4 is 5.91 Å². The average molecular weight is 1020 g/mol. The predicted octanol–water partition coefficient (Wildman–Crippen LogP) is -13.3. The number of amides is 1. The van der Waals surface area contributed by atoms with E-state index in [9.17, 15) is 102 Å². The van der Waals surface area contributed by atoms with Crippen molar-refractivity contribution in [1.29, 1.82) is 0 Å². The van der Waals surface area contributed by atoms with Crippen LogP contribution in [0.3, 0.4) is 0 Å². The number of carbonyl (C=O) groups excluding carboxylic acids is 1. The largest absolute Gasteiger partial charge is 0.394 e. The van der Waals surface area contributed by atoms with Crippen LogP contribution in [0.5, 0.6) is 0 Å². The molecular formula is C38H67NO30. The van der Waals surface area contributed by atoms with Crippen LogP contribution in [-0.2, 0) is 52.2 Å². The van der Waals surface area contributed by atoms with Gasteiger partial charge >= 0.3 is 0 Å². The van der Waals surface area contributed by atoms with Gasteiger partial charge in [0.25, 0.3) is 0 Å². The van der Waals surface area contributed by atoms with Crippen molar-refractivity contribution < 1.29 is 149 Å². The van der Waals surface area contributed by atoms with E-state index in [2.05, 4.69) is 5.32 Å². The number of nitrogens with one attached hydrogen (secondary N) is 1. The first-order valence-corrected chi connectivity index (χ1v) is 21.9. The lowest BCUT2D eigenvalue weighted by molar-refractivity contribution is -0.393. The number of carbonyl (C=O) groups is 1. The maximum atomic E-state index is 12.9. The Labute approximate surface area is 391 Å². The maximum absolute atomic E-state index is 12.9. The standard InChI is InChI=1S/C38H67NO30/c1-9-18(49)23(54)25(56)35(60-9)67-31-17(39-10(2)46)34(64-16(8-45)30(31)66-36-26(57)24(55)20(51)13(5-42)61-36)68-32-21(52)14(6-43)63-38(27(32)58)69-33-22(53)15(7-44)62-37(28(33)59)65-29(12(48)4-41)19(50)11(47)3-40/h9,11-38,40-45,47-59H,3-8H2,1-2H3,(H,39,46)/t9-,11-,12+,13+,14+,15+,16+,17+,18+,19+,20-,21-,22-,23+,24-,25-,26+,27+,28+,29+,30+,31+,32-,33-,34-,35-,36-,37-,38+/m0/s1. The van der Waals surface area contributed by atoms with Gasteiger partial charge in [0.15, 0.2) is 31.5 Å². The molecule has 5 fully saturated rings. The fraction of sp³-hybridized carbons (Fsp3) is 0.974. The van der Waals surface area contributed by atoms with Gasteiger partial charge in [0.05, 0.1) is 45.7 Å². The van der Waals surface area contributed by atoms with Gasteiger partial charge in [-0.25, -0.2) is 0 Å². The van der Waals surface area contributed by atoms with Crippen molar-refractivity contribution in [3.63, 3.8) is 0 Å². The second kappa shape index (κ2) is 25.5. The summed E-state index contributed by atoms with van der Waals surface area (Å²) in [5.74, 6) is -0.888. The summed E-state index contributed by atoms with van der Waals surface area (Å²) in [4.78, 5) is 12.9. The minimum Gasteiger partial charge on any atom is -0.394 e. The van der Waals surface area contributed by atoms with Gasteiger partial charge in [-0.1, -0.05) is 0 Å². The molecule has 31 nitrogen and oxygen atoms in total. The highest BCUT2D eigenvalue weighted by atomic mass is 16.8. The first kappa shape index (κ1) is 58.2. The zero-order chi connectivity index (χ0) is 51.3. The maximum Gasteiger partial charge on any atom is 0.217 e. The molecule has 69 heavy (non-hydrogen) atoms. The predicted molar refractivity (Wildman–Crippen MR) is 212 cm³/mol. The Hall–Kier alpha value is -1.69. The molecule has 5 rings (SSSR count).